The normalized spacial score (nSPS) is 44.3. The third kappa shape index (κ3) is 2.99. The molecule has 4 aliphatic carbocycles. The van der Waals surface area contributed by atoms with Gasteiger partial charge in [0.1, 0.15) is 0 Å². The molecule has 5 rings (SSSR count). The number of benzene rings is 1. The van der Waals surface area contributed by atoms with Crippen molar-refractivity contribution in [2.75, 3.05) is 11.9 Å². The highest BCUT2D eigenvalue weighted by Crippen LogP contribution is 2.66. The highest BCUT2D eigenvalue weighted by Gasteiger charge is 2.61. The van der Waals surface area contributed by atoms with Gasteiger partial charge in [-0.2, -0.15) is 0 Å². The predicted molar refractivity (Wildman–Crippen MR) is 121 cm³/mol. The second-order valence-corrected chi connectivity index (χ2v) is 11.2. The summed E-state index contributed by atoms with van der Waals surface area (Å²) in [6, 6.07) is 10.3. The summed E-state index contributed by atoms with van der Waals surface area (Å²) in [5, 5.41) is 10.2. The molecule has 0 radical (unpaired) electrons. The number of hydrogen-bond acceptors (Lipinski definition) is 3. The Morgan fingerprint density at radius 3 is 2.57 bits per heavy atom. The molecule has 0 amide bonds. The van der Waals surface area contributed by atoms with E-state index in [0.29, 0.717) is 29.0 Å². The summed E-state index contributed by atoms with van der Waals surface area (Å²) in [7, 11) is 2.06. The number of aliphatic hydroxyl groups excluding tert-OH is 1. The average Bonchev–Trinajstić information content (AvgIpc) is 3.00. The fourth-order valence-electron chi connectivity index (χ4n) is 7.99. The number of carbonyl (C=O) groups is 1. The molecule has 0 saturated heterocycles. The molecule has 0 heterocycles. The van der Waals surface area contributed by atoms with Gasteiger partial charge in [0.2, 0.25) is 0 Å². The molecule has 4 saturated carbocycles. The number of allylic oxidation sites excluding steroid dienone is 1. The monoisotopic (exact) mass is 407 g/mol. The van der Waals surface area contributed by atoms with Gasteiger partial charge < -0.3 is 10.0 Å². The van der Waals surface area contributed by atoms with Crippen molar-refractivity contribution in [1.29, 1.82) is 0 Å². The maximum atomic E-state index is 13.6. The lowest BCUT2D eigenvalue weighted by Crippen LogP contribution is -2.54. The van der Waals surface area contributed by atoms with Crippen molar-refractivity contribution in [3.63, 3.8) is 0 Å². The van der Waals surface area contributed by atoms with Gasteiger partial charge in [-0.05, 0) is 92.6 Å². The van der Waals surface area contributed by atoms with Crippen molar-refractivity contribution in [2.45, 2.75) is 71.3 Å². The zero-order valence-electron chi connectivity index (χ0n) is 18.8. The molecule has 0 aliphatic heterocycles. The number of Topliss-reactive ketones (excluding diaryl/α,β-unsaturated/α-hetero) is 1. The number of rotatable bonds is 2. The second kappa shape index (κ2) is 7.22. The van der Waals surface area contributed by atoms with Gasteiger partial charge in [0.05, 0.1) is 6.10 Å². The van der Waals surface area contributed by atoms with Crippen LogP contribution >= 0.6 is 0 Å². The van der Waals surface area contributed by atoms with Crippen molar-refractivity contribution < 1.29 is 9.90 Å². The largest absolute Gasteiger partial charge is 0.393 e. The number of hydrogen-bond donors (Lipinski definition) is 1. The highest BCUT2D eigenvalue weighted by atomic mass is 16.3. The minimum Gasteiger partial charge on any atom is -0.393 e. The molecule has 0 bridgehead atoms. The quantitative estimate of drug-likeness (QED) is 0.650. The summed E-state index contributed by atoms with van der Waals surface area (Å²) in [5.74, 6) is 2.95. The molecule has 0 aromatic heterocycles. The molecule has 162 valence electrons. The minimum atomic E-state index is -0.179. The van der Waals surface area contributed by atoms with Gasteiger partial charge in [0, 0.05) is 29.9 Å². The van der Waals surface area contributed by atoms with Gasteiger partial charge in [-0.25, -0.2) is 0 Å². The number of aliphatic hydroxyl groups is 1. The standard InChI is InChI=1S/C27H37NO2/c1-26-13-11-21(29)16-19(26)9-10-22-23(26)12-14-27(2)24(22)15-18(25(27)30)17-28(3)20-7-5-4-6-8-20/h4-8,17,19,21-24,29H,9-16H2,1-3H3/b18-17-/t19-,21+,22+,23-,24-,26-,27-/m0/s1. The van der Waals surface area contributed by atoms with Crippen LogP contribution in [-0.4, -0.2) is 24.0 Å². The zero-order chi connectivity index (χ0) is 21.1. The summed E-state index contributed by atoms with van der Waals surface area (Å²) in [6.45, 7) is 4.78. The molecule has 1 aromatic carbocycles. The number of carbonyl (C=O) groups excluding carboxylic acids is 1. The van der Waals surface area contributed by atoms with E-state index in [1.165, 1.54) is 19.3 Å². The van der Waals surface area contributed by atoms with E-state index in [1.807, 2.05) is 18.2 Å². The van der Waals surface area contributed by atoms with E-state index < -0.39 is 0 Å². The van der Waals surface area contributed by atoms with Crippen molar-refractivity contribution in [3.8, 4) is 0 Å². The van der Waals surface area contributed by atoms with Crippen LogP contribution in [0.4, 0.5) is 5.69 Å². The SMILES string of the molecule is CN(/C=C1/C[C@H]2[C@@H]3CC[C@H]4C[C@H](O)CC[C@]4(C)[C@H]3CC[C@]2(C)C1=O)c1ccccc1. The van der Waals surface area contributed by atoms with Gasteiger partial charge >= 0.3 is 0 Å². The van der Waals surface area contributed by atoms with Crippen LogP contribution in [0.3, 0.4) is 0 Å². The molecule has 30 heavy (non-hydrogen) atoms. The Bertz CT molecular complexity index is 848. The van der Waals surface area contributed by atoms with Crippen LogP contribution in [-0.2, 0) is 4.79 Å². The van der Waals surface area contributed by atoms with Crippen LogP contribution < -0.4 is 4.90 Å². The van der Waals surface area contributed by atoms with Crippen LogP contribution in [0.25, 0.3) is 0 Å². The van der Waals surface area contributed by atoms with Gasteiger partial charge in [-0.1, -0.05) is 32.0 Å². The number of fused-ring (bicyclic) bond motifs is 5. The van der Waals surface area contributed by atoms with E-state index in [4.69, 9.17) is 0 Å². The Morgan fingerprint density at radius 2 is 1.80 bits per heavy atom. The fraction of sp³-hybridized carbons (Fsp3) is 0.667. The van der Waals surface area contributed by atoms with E-state index in [1.54, 1.807) is 0 Å². The first-order valence-electron chi connectivity index (χ1n) is 12.0. The summed E-state index contributed by atoms with van der Waals surface area (Å²) in [6.07, 6.45) is 10.8. The molecular weight excluding hydrogens is 370 g/mol. The first-order chi connectivity index (χ1) is 14.3. The minimum absolute atomic E-state index is 0.0930. The lowest BCUT2D eigenvalue weighted by atomic mass is 9.45. The van der Waals surface area contributed by atoms with Crippen LogP contribution in [0.15, 0.2) is 42.1 Å². The molecule has 7 atom stereocenters. The smallest absolute Gasteiger partial charge is 0.166 e. The molecule has 4 fully saturated rings. The highest BCUT2D eigenvalue weighted by molar-refractivity contribution is 6.02. The van der Waals surface area contributed by atoms with Gasteiger partial charge in [-0.3, -0.25) is 4.79 Å². The molecule has 3 heteroatoms. The molecule has 0 unspecified atom stereocenters. The number of nitrogens with zero attached hydrogens (tertiary/aromatic N) is 1. The Labute approximate surface area is 181 Å². The third-order valence-corrected chi connectivity index (χ3v) is 9.79. The molecule has 3 nitrogen and oxygen atoms in total. The summed E-state index contributed by atoms with van der Waals surface area (Å²) in [4.78, 5) is 15.7. The van der Waals surface area contributed by atoms with Crippen LogP contribution in [0.1, 0.15) is 65.2 Å². The number of anilines is 1. The Kier molecular flexibility index (Phi) is 4.89. The fourth-order valence-corrected chi connectivity index (χ4v) is 7.99. The van der Waals surface area contributed by atoms with Crippen molar-refractivity contribution in [3.05, 3.63) is 42.1 Å². The topological polar surface area (TPSA) is 40.5 Å². The number of para-hydroxylation sites is 1. The molecule has 4 aliphatic rings. The van der Waals surface area contributed by atoms with Crippen molar-refractivity contribution >= 4 is 11.5 Å². The summed E-state index contributed by atoms with van der Waals surface area (Å²) in [5.41, 5.74) is 2.34. The van der Waals surface area contributed by atoms with E-state index in [-0.39, 0.29) is 11.5 Å². The van der Waals surface area contributed by atoms with Gasteiger partial charge in [-0.15, -0.1) is 0 Å². The maximum Gasteiger partial charge on any atom is 0.166 e. The summed E-state index contributed by atoms with van der Waals surface area (Å²) >= 11 is 0. The maximum absolute atomic E-state index is 13.6. The van der Waals surface area contributed by atoms with Gasteiger partial charge in [0.25, 0.3) is 0 Å². The zero-order valence-corrected chi connectivity index (χ0v) is 18.8. The molecule has 1 aromatic rings. The van der Waals surface area contributed by atoms with E-state index >= 15 is 0 Å². The molecule has 1 N–H and O–H groups in total. The van der Waals surface area contributed by atoms with Crippen molar-refractivity contribution in [1.82, 2.24) is 0 Å². The van der Waals surface area contributed by atoms with Crippen LogP contribution in [0.5, 0.6) is 0 Å². The third-order valence-electron chi connectivity index (χ3n) is 9.79. The summed E-state index contributed by atoms with van der Waals surface area (Å²) < 4.78 is 0. The Hall–Kier alpha value is -1.61. The first kappa shape index (κ1) is 20.3. The second-order valence-electron chi connectivity index (χ2n) is 11.2. The van der Waals surface area contributed by atoms with Crippen LogP contribution in [0.2, 0.25) is 0 Å². The van der Waals surface area contributed by atoms with E-state index in [0.717, 1.165) is 49.3 Å². The lowest BCUT2D eigenvalue weighted by molar-refractivity contribution is -0.141. The Balaban J connectivity index is 1.42. The lowest BCUT2D eigenvalue weighted by Gasteiger charge is -2.59. The average molecular weight is 408 g/mol. The first-order valence-corrected chi connectivity index (χ1v) is 12.0. The van der Waals surface area contributed by atoms with Crippen LogP contribution in [0, 0.1) is 34.5 Å². The number of ketones is 1. The van der Waals surface area contributed by atoms with E-state index in [2.05, 4.69) is 44.1 Å². The molecule has 0 spiro atoms. The molecular formula is C27H37NO2. The van der Waals surface area contributed by atoms with Crippen molar-refractivity contribution in [2.24, 2.45) is 34.5 Å². The Morgan fingerprint density at radius 1 is 1.03 bits per heavy atom. The van der Waals surface area contributed by atoms with E-state index in [9.17, 15) is 9.90 Å². The predicted octanol–water partition coefficient (Wildman–Crippen LogP) is 5.59. The van der Waals surface area contributed by atoms with Gasteiger partial charge in [0.15, 0.2) is 5.78 Å².